The van der Waals surface area contributed by atoms with Crippen LogP contribution in [-0.4, -0.2) is 12.5 Å². The first kappa shape index (κ1) is 16.6. The Morgan fingerprint density at radius 1 is 1.45 bits per heavy atom. The van der Waals surface area contributed by atoms with E-state index in [0.717, 1.165) is 10.0 Å². The standard InChI is InChI=1S/C16H19BrFNO/c1-2-15(18)9-4-3-5-10-19-16(20)12-13-7-6-8-14(17)11-13/h3-4,6-9,11H,2,5,10,12H2,1H3,(H,19,20)/b4-3-,15-9+. The second-order valence-corrected chi connectivity index (χ2v) is 5.26. The van der Waals surface area contributed by atoms with Crippen LogP contribution in [0.4, 0.5) is 4.39 Å². The fraction of sp³-hybridized carbons (Fsp3) is 0.312. The maximum Gasteiger partial charge on any atom is 0.224 e. The molecular weight excluding hydrogens is 321 g/mol. The second-order valence-electron chi connectivity index (χ2n) is 4.34. The van der Waals surface area contributed by atoms with Gasteiger partial charge in [-0.3, -0.25) is 4.79 Å². The molecule has 1 aromatic carbocycles. The van der Waals surface area contributed by atoms with E-state index in [0.29, 0.717) is 25.8 Å². The van der Waals surface area contributed by atoms with Crippen molar-refractivity contribution in [2.24, 2.45) is 0 Å². The third-order valence-corrected chi connectivity index (χ3v) is 3.13. The molecule has 0 unspecified atom stereocenters. The van der Waals surface area contributed by atoms with E-state index >= 15 is 0 Å². The van der Waals surface area contributed by atoms with Crippen molar-refractivity contribution in [3.8, 4) is 0 Å². The Morgan fingerprint density at radius 3 is 2.95 bits per heavy atom. The summed E-state index contributed by atoms with van der Waals surface area (Å²) in [6.07, 6.45) is 6.44. The third-order valence-electron chi connectivity index (χ3n) is 2.64. The summed E-state index contributed by atoms with van der Waals surface area (Å²) < 4.78 is 13.7. The lowest BCUT2D eigenvalue weighted by molar-refractivity contribution is -0.120. The first-order chi connectivity index (χ1) is 9.61. The van der Waals surface area contributed by atoms with E-state index < -0.39 is 0 Å². The van der Waals surface area contributed by atoms with Gasteiger partial charge in [-0.15, -0.1) is 0 Å². The second kappa shape index (κ2) is 9.48. The maximum absolute atomic E-state index is 12.8. The van der Waals surface area contributed by atoms with Gasteiger partial charge >= 0.3 is 0 Å². The molecular formula is C16H19BrFNO. The quantitative estimate of drug-likeness (QED) is 0.581. The molecule has 0 radical (unpaired) electrons. The average molecular weight is 340 g/mol. The van der Waals surface area contributed by atoms with Gasteiger partial charge in [0.15, 0.2) is 0 Å². The van der Waals surface area contributed by atoms with E-state index in [-0.39, 0.29) is 11.7 Å². The summed E-state index contributed by atoms with van der Waals surface area (Å²) in [6, 6.07) is 7.68. The summed E-state index contributed by atoms with van der Waals surface area (Å²) >= 11 is 3.37. The van der Waals surface area contributed by atoms with Crippen LogP contribution in [0.3, 0.4) is 0 Å². The van der Waals surface area contributed by atoms with Crippen molar-refractivity contribution in [3.63, 3.8) is 0 Å². The van der Waals surface area contributed by atoms with Crippen molar-refractivity contribution in [1.82, 2.24) is 5.32 Å². The van der Waals surface area contributed by atoms with Crippen molar-refractivity contribution < 1.29 is 9.18 Å². The molecule has 4 heteroatoms. The lowest BCUT2D eigenvalue weighted by Crippen LogP contribution is -2.25. The molecule has 0 heterocycles. The minimum Gasteiger partial charge on any atom is -0.356 e. The van der Waals surface area contributed by atoms with Gasteiger partial charge in [-0.05, 0) is 36.6 Å². The molecule has 0 aliphatic rings. The van der Waals surface area contributed by atoms with Gasteiger partial charge in [0.25, 0.3) is 0 Å². The normalized spacial score (nSPS) is 11.8. The monoisotopic (exact) mass is 339 g/mol. The SMILES string of the molecule is CC/C(F)=C\C=C/CCNC(=O)Cc1cccc(Br)c1. The zero-order valence-electron chi connectivity index (χ0n) is 11.5. The number of nitrogens with one attached hydrogen (secondary N) is 1. The number of carbonyl (C=O) groups excluding carboxylic acids is 1. The molecule has 0 spiro atoms. The Labute approximate surface area is 127 Å². The fourth-order valence-corrected chi connectivity index (χ4v) is 2.02. The van der Waals surface area contributed by atoms with Crippen LogP contribution in [-0.2, 0) is 11.2 Å². The molecule has 0 fully saturated rings. The average Bonchev–Trinajstić information content (AvgIpc) is 2.42. The zero-order chi connectivity index (χ0) is 14.8. The number of amides is 1. The summed E-state index contributed by atoms with van der Waals surface area (Å²) in [5, 5.41) is 2.83. The number of halogens is 2. The highest BCUT2D eigenvalue weighted by atomic mass is 79.9. The number of hydrogen-bond acceptors (Lipinski definition) is 1. The van der Waals surface area contributed by atoms with Crippen molar-refractivity contribution in [2.75, 3.05) is 6.54 Å². The summed E-state index contributed by atoms with van der Waals surface area (Å²) in [6.45, 7) is 2.33. The van der Waals surface area contributed by atoms with Crippen molar-refractivity contribution in [1.29, 1.82) is 0 Å². The van der Waals surface area contributed by atoms with Gasteiger partial charge in [0, 0.05) is 11.0 Å². The van der Waals surface area contributed by atoms with Gasteiger partial charge in [0.2, 0.25) is 5.91 Å². The van der Waals surface area contributed by atoms with Crippen LogP contribution in [0.15, 0.2) is 52.8 Å². The molecule has 2 nitrogen and oxygen atoms in total. The maximum atomic E-state index is 12.8. The molecule has 108 valence electrons. The van der Waals surface area contributed by atoms with Gasteiger partial charge < -0.3 is 5.32 Å². The van der Waals surface area contributed by atoms with Gasteiger partial charge in [0.05, 0.1) is 12.2 Å². The molecule has 1 aromatic rings. The van der Waals surface area contributed by atoms with Crippen LogP contribution in [0.25, 0.3) is 0 Å². The highest BCUT2D eigenvalue weighted by Crippen LogP contribution is 2.11. The van der Waals surface area contributed by atoms with Crippen molar-refractivity contribution in [3.05, 3.63) is 58.4 Å². The van der Waals surface area contributed by atoms with E-state index in [1.807, 2.05) is 30.3 Å². The van der Waals surface area contributed by atoms with E-state index in [9.17, 15) is 9.18 Å². The summed E-state index contributed by atoms with van der Waals surface area (Å²) in [5.41, 5.74) is 0.973. The fourth-order valence-electron chi connectivity index (χ4n) is 1.58. The predicted molar refractivity (Wildman–Crippen MR) is 84.1 cm³/mol. The van der Waals surface area contributed by atoms with Crippen LogP contribution in [0, 0.1) is 0 Å². The lowest BCUT2D eigenvalue weighted by atomic mass is 10.1. The van der Waals surface area contributed by atoms with Crippen molar-refractivity contribution in [2.45, 2.75) is 26.2 Å². The summed E-state index contributed by atoms with van der Waals surface area (Å²) in [7, 11) is 0. The topological polar surface area (TPSA) is 29.1 Å². The number of benzene rings is 1. The molecule has 0 aliphatic carbocycles. The van der Waals surface area contributed by atoms with Crippen LogP contribution in [0.1, 0.15) is 25.3 Å². The number of hydrogen-bond donors (Lipinski definition) is 1. The highest BCUT2D eigenvalue weighted by Gasteiger charge is 2.02. The number of rotatable bonds is 7. The molecule has 1 amide bonds. The molecule has 0 aromatic heterocycles. The summed E-state index contributed by atoms with van der Waals surface area (Å²) in [4.78, 5) is 11.7. The highest BCUT2D eigenvalue weighted by molar-refractivity contribution is 9.10. The Bertz CT molecular complexity index is 497. The van der Waals surface area contributed by atoms with E-state index in [1.54, 1.807) is 13.0 Å². The first-order valence-corrected chi connectivity index (χ1v) is 7.43. The Morgan fingerprint density at radius 2 is 2.25 bits per heavy atom. The van der Waals surface area contributed by atoms with E-state index in [1.165, 1.54) is 6.08 Å². The molecule has 20 heavy (non-hydrogen) atoms. The smallest absolute Gasteiger partial charge is 0.224 e. The Kier molecular flexibility index (Phi) is 7.88. The molecule has 0 atom stereocenters. The molecule has 0 saturated carbocycles. The van der Waals surface area contributed by atoms with Crippen molar-refractivity contribution >= 4 is 21.8 Å². The number of carbonyl (C=O) groups is 1. The Balaban J connectivity index is 2.24. The number of allylic oxidation sites excluding steroid dienone is 3. The minimum absolute atomic E-state index is 0.00761. The zero-order valence-corrected chi connectivity index (χ0v) is 13.1. The van der Waals surface area contributed by atoms with Gasteiger partial charge in [-0.2, -0.15) is 0 Å². The van der Waals surface area contributed by atoms with Crippen LogP contribution >= 0.6 is 15.9 Å². The van der Waals surface area contributed by atoms with Gasteiger partial charge in [-0.1, -0.05) is 47.1 Å². The molecule has 0 aliphatic heterocycles. The van der Waals surface area contributed by atoms with Crippen LogP contribution < -0.4 is 5.32 Å². The lowest BCUT2D eigenvalue weighted by Gasteiger charge is -2.04. The molecule has 1 N–H and O–H groups in total. The van der Waals surface area contributed by atoms with Crippen LogP contribution in [0.2, 0.25) is 0 Å². The Hall–Kier alpha value is -1.42. The minimum atomic E-state index is -0.139. The first-order valence-electron chi connectivity index (χ1n) is 6.64. The van der Waals surface area contributed by atoms with Gasteiger partial charge in [0.1, 0.15) is 0 Å². The van der Waals surface area contributed by atoms with Crippen LogP contribution in [0.5, 0.6) is 0 Å². The largest absolute Gasteiger partial charge is 0.356 e. The third kappa shape index (κ3) is 7.24. The molecule has 0 saturated heterocycles. The molecule has 1 rings (SSSR count). The van der Waals surface area contributed by atoms with Gasteiger partial charge in [-0.25, -0.2) is 4.39 Å². The van der Waals surface area contributed by atoms with E-state index in [2.05, 4.69) is 21.2 Å². The summed E-state index contributed by atoms with van der Waals surface area (Å²) in [5.74, 6) is -0.147. The van der Waals surface area contributed by atoms with E-state index in [4.69, 9.17) is 0 Å². The molecule has 0 bridgehead atoms. The predicted octanol–water partition coefficient (Wildman–Crippen LogP) is 4.32.